The van der Waals surface area contributed by atoms with E-state index in [4.69, 9.17) is 22.1 Å². The largest absolute Gasteiger partial charge is 0.494 e. The van der Waals surface area contributed by atoms with Gasteiger partial charge in [-0.05, 0) is 55.5 Å². The van der Waals surface area contributed by atoms with Gasteiger partial charge in [0.2, 0.25) is 0 Å². The number of benzene rings is 1. The van der Waals surface area contributed by atoms with Gasteiger partial charge in [-0.25, -0.2) is 0 Å². The van der Waals surface area contributed by atoms with Crippen molar-refractivity contribution in [3.8, 4) is 5.75 Å². The molecule has 2 N–H and O–H groups in total. The Labute approximate surface area is 113 Å². The predicted molar refractivity (Wildman–Crippen MR) is 77.2 cm³/mol. The van der Waals surface area contributed by atoms with Crippen molar-refractivity contribution in [3.05, 3.63) is 29.3 Å². The molecule has 0 radical (unpaired) electrons. The van der Waals surface area contributed by atoms with Crippen molar-refractivity contribution < 1.29 is 4.74 Å². The van der Waals surface area contributed by atoms with Crippen LogP contribution in [-0.2, 0) is 0 Å². The summed E-state index contributed by atoms with van der Waals surface area (Å²) in [6.45, 7) is 2.80. The molecule has 1 aromatic rings. The standard InChI is InChI=1S/C13H20ClNOS/c1-11(15)7-10-17-9-2-8-16-13-5-3-12(14)4-6-13/h3-6,11H,2,7-10,15H2,1H3. The minimum absolute atomic E-state index is 0.313. The maximum absolute atomic E-state index is 5.79. The van der Waals surface area contributed by atoms with Crippen LogP contribution in [0.3, 0.4) is 0 Å². The third kappa shape index (κ3) is 7.53. The number of rotatable bonds is 8. The zero-order valence-electron chi connectivity index (χ0n) is 10.2. The first kappa shape index (κ1) is 14.7. The molecule has 17 heavy (non-hydrogen) atoms. The van der Waals surface area contributed by atoms with Gasteiger partial charge < -0.3 is 10.5 Å². The molecule has 0 spiro atoms. The molecule has 1 atom stereocenters. The van der Waals surface area contributed by atoms with Gasteiger partial charge in [-0.3, -0.25) is 0 Å². The van der Waals surface area contributed by atoms with Crippen LogP contribution in [0.15, 0.2) is 24.3 Å². The first-order valence-corrected chi connectivity index (χ1v) is 7.43. The Balaban J connectivity index is 1.99. The molecule has 1 unspecified atom stereocenters. The summed E-state index contributed by atoms with van der Waals surface area (Å²) < 4.78 is 5.59. The summed E-state index contributed by atoms with van der Waals surface area (Å²) in [5.41, 5.74) is 5.67. The van der Waals surface area contributed by atoms with E-state index in [1.165, 1.54) is 0 Å². The fourth-order valence-corrected chi connectivity index (χ4v) is 2.44. The van der Waals surface area contributed by atoms with Crippen molar-refractivity contribution in [2.45, 2.75) is 25.8 Å². The molecule has 0 aliphatic rings. The van der Waals surface area contributed by atoms with Crippen LogP contribution >= 0.6 is 23.4 Å². The Hall–Kier alpha value is -0.380. The van der Waals surface area contributed by atoms with Crippen molar-refractivity contribution in [2.75, 3.05) is 18.1 Å². The van der Waals surface area contributed by atoms with E-state index in [9.17, 15) is 0 Å². The molecule has 0 aliphatic heterocycles. The second-order valence-corrected chi connectivity index (χ2v) is 5.70. The normalized spacial score (nSPS) is 12.4. The van der Waals surface area contributed by atoms with Gasteiger partial charge in [0.05, 0.1) is 6.61 Å². The lowest BCUT2D eigenvalue weighted by Gasteiger charge is -2.07. The fourth-order valence-electron chi connectivity index (χ4n) is 1.25. The van der Waals surface area contributed by atoms with E-state index < -0.39 is 0 Å². The third-order valence-corrected chi connectivity index (χ3v) is 3.59. The monoisotopic (exact) mass is 273 g/mol. The fraction of sp³-hybridized carbons (Fsp3) is 0.538. The van der Waals surface area contributed by atoms with E-state index in [2.05, 4.69) is 0 Å². The second kappa shape index (κ2) is 8.67. The number of hydrogen-bond acceptors (Lipinski definition) is 3. The highest BCUT2D eigenvalue weighted by atomic mass is 35.5. The van der Waals surface area contributed by atoms with Gasteiger partial charge in [-0.2, -0.15) is 11.8 Å². The molecule has 96 valence electrons. The molecule has 0 heterocycles. The van der Waals surface area contributed by atoms with Crippen LogP contribution in [0.1, 0.15) is 19.8 Å². The minimum atomic E-state index is 0.313. The van der Waals surface area contributed by atoms with Crippen LogP contribution < -0.4 is 10.5 Å². The van der Waals surface area contributed by atoms with Crippen molar-refractivity contribution in [1.82, 2.24) is 0 Å². The molecule has 1 aromatic carbocycles. The summed E-state index contributed by atoms with van der Waals surface area (Å²) in [6, 6.07) is 7.78. The molecule has 4 heteroatoms. The van der Waals surface area contributed by atoms with Crippen molar-refractivity contribution >= 4 is 23.4 Å². The molecule has 0 aliphatic carbocycles. The quantitative estimate of drug-likeness (QED) is 0.736. The van der Waals surface area contributed by atoms with E-state index in [1.54, 1.807) is 0 Å². The predicted octanol–water partition coefficient (Wildman–Crippen LogP) is 3.58. The Morgan fingerprint density at radius 3 is 2.65 bits per heavy atom. The summed E-state index contributed by atoms with van der Waals surface area (Å²) in [5, 5.41) is 0.740. The first-order valence-electron chi connectivity index (χ1n) is 5.90. The minimum Gasteiger partial charge on any atom is -0.494 e. The maximum Gasteiger partial charge on any atom is 0.119 e. The molecule has 0 aromatic heterocycles. The Bertz CT molecular complexity index is 303. The molecule has 0 bridgehead atoms. The zero-order valence-corrected chi connectivity index (χ0v) is 11.8. The second-order valence-electron chi connectivity index (χ2n) is 4.03. The van der Waals surface area contributed by atoms with Gasteiger partial charge in [-0.1, -0.05) is 11.6 Å². The Kier molecular flexibility index (Phi) is 7.49. The van der Waals surface area contributed by atoms with Crippen LogP contribution in [0.25, 0.3) is 0 Å². The lowest BCUT2D eigenvalue weighted by Crippen LogP contribution is -2.15. The molecule has 0 amide bonds. The smallest absolute Gasteiger partial charge is 0.119 e. The van der Waals surface area contributed by atoms with E-state index in [0.717, 1.165) is 41.7 Å². The van der Waals surface area contributed by atoms with E-state index in [1.807, 2.05) is 43.0 Å². The number of ether oxygens (including phenoxy) is 1. The topological polar surface area (TPSA) is 35.2 Å². The van der Waals surface area contributed by atoms with E-state index in [0.29, 0.717) is 6.04 Å². The van der Waals surface area contributed by atoms with Gasteiger partial charge >= 0.3 is 0 Å². The van der Waals surface area contributed by atoms with E-state index in [-0.39, 0.29) is 0 Å². The van der Waals surface area contributed by atoms with Crippen molar-refractivity contribution in [2.24, 2.45) is 5.73 Å². The third-order valence-electron chi connectivity index (χ3n) is 2.23. The summed E-state index contributed by atoms with van der Waals surface area (Å²) >= 11 is 7.72. The van der Waals surface area contributed by atoms with Gasteiger partial charge in [0.25, 0.3) is 0 Å². The SMILES string of the molecule is CC(N)CCSCCCOc1ccc(Cl)cc1. The Morgan fingerprint density at radius 1 is 1.29 bits per heavy atom. The highest BCUT2D eigenvalue weighted by Crippen LogP contribution is 2.16. The average molecular weight is 274 g/mol. The van der Waals surface area contributed by atoms with Gasteiger partial charge in [0.15, 0.2) is 0 Å². The number of nitrogens with two attached hydrogens (primary N) is 1. The van der Waals surface area contributed by atoms with Gasteiger partial charge in [0.1, 0.15) is 5.75 Å². The molecule has 0 saturated carbocycles. The van der Waals surface area contributed by atoms with Crippen LogP contribution in [-0.4, -0.2) is 24.2 Å². The average Bonchev–Trinajstić information content (AvgIpc) is 2.30. The zero-order chi connectivity index (χ0) is 12.5. The van der Waals surface area contributed by atoms with Crippen molar-refractivity contribution in [1.29, 1.82) is 0 Å². The van der Waals surface area contributed by atoms with Gasteiger partial charge in [0, 0.05) is 11.1 Å². The molecule has 0 saturated heterocycles. The highest BCUT2D eigenvalue weighted by molar-refractivity contribution is 7.99. The molecular weight excluding hydrogens is 254 g/mol. The number of halogens is 1. The highest BCUT2D eigenvalue weighted by Gasteiger charge is 1.96. The summed E-state index contributed by atoms with van der Waals surface area (Å²) in [7, 11) is 0. The molecule has 0 fully saturated rings. The van der Waals surface area contributed by atoms with Crippen molar-refractivity contribution in [3.63, 3.8) is 0 Å². The summed E-state index contributed by atoms with van der Waals surface area (Å²) in [4.78, 5) is 0. The molecule has 2 nitrogen and oxygen atoms in total. The lowest BCUT2D eigenvalue weighted by atomic mass is 10.3. The first-order chi connectivity index (χ1) is 8.18. The number of thioether (sulfide) groups is 1. The molecule has 1 rings (SSSR count). The van der Waals surface area contributed by atoms with Gasteiger partial charge in [-0.15, -0.1) is 0 Å². The van der Waals surface area contributed by atoms with Crippen LogP contribution in [0.5, 0.6) is 5.75 Å². The summed E-state index contributed by atoms with van der Waals surface area (Å²) in [5.74, 6) is 3.15. The van der Waals surface area contributed by atoms with Crippen LogP contribution in [0.2, 0.25) is 5.02 Å². The molecular formula is C13H20ClNOS. The lowest BCUT2D eigenvalue weighted by molar-refractivity contribution is 0.318. The Morgan fingerprint density at radius 2 is 2.00 bits per heavy atom. The van der Waals surface area contributed by atoms with Crippen LogP contribution in [0, 0.1) is 0 Å². The summed E-state index contributed by atoms with van der Waals surface area (Å²) in [6.07, 6.45) is 2.15. The maximum atomic E-state index is 5.79. The van der Waals surface area contributed by atoms with E-state index >= 15 is 0 Å². The van der Waals surface area contributed by atoms with Crippen LogP contribution in [0.4, 0.5) is 0 Å². The number of hydrogen-bond donors (Lipinski definition) is 1.